The molecule has 0 unspecified atom stereocenters. The highest BCUT2D eigenvalue weighted by molar-refractivity contribution is 7.99. The van der Waals surface area contributed by atoms with Crippen LogP contribution in [0, 0.1) is 0 Å². The number of sulfone groups is 1. The van der Waals surface area contributed by atoms with E-state index in [0.29, 0.717) is 30.6 Å². The molecule has 29 heavy (non-hydrogen) atoms. The van der Waals surface area contributed by atoms with Crippen LogP contribution in [0.2, 0.25) is 0 Å². The number of aromatic nitrogens is 3. The minimum absolute atomic E-state index is 0.0135. The van der Waals surface area contributed by atoms with Gasteiger partial charge in [-0.2, -0.15) is 0 Å². The van der Waals surface area contributed by atoms with E-state index < -0.39 is 9.84 Å². The molecule has 4 rings (SSSR count). The largest absolute Gasteiger partial charge is 0.376 e. The van der Waals surface area contributed by atoms with Crippen molar-refractivity contribution in [1.29, 1.82) is 0 Å². The number of carbonyl (C=O) groups excluding carboxylic acids is 1. The smallest absolute Gasteiger partial charge is 0.233 e. The predicted octanol–water partition coefficient (Wildman–Crippen LogP) is 1.76. The number of thioether (sulfide) groups is 1. The number of hydrogen-bond acceptors (Lipinski definition) is 7. The molecular formula is C19H24N4O4S2. The van der Waals surface area contributed by atoms with E-state index >= 15 is 0 Å². The molecule has 1 aromatic heterocycles. The van der Waals surface area contributed by atoms with Crippen LogP contribution < -0.4 is 0 Å². The number of H-pyrrole nitrogens is 1. The van der Waals surface area contributed by atoms with Gasteiger partial charge in [-0.3, -0.25) is 9.89 Å². The number of hydrogen-bond donors (Lipinski definition) is 1. The molecule has 2 aromatic rings. The number of nitrogens with zero attached hydrogens (tertiary/aromatic N) is 3. The maximum Gasteiger partial charge on any atom is 0.233 e. The van der Waals surface area contributed by atoms with Gasteiger partial charge in [-0.25, -0.2) is 13.4 Å². The maximum atomic E-state index is 13.0. The number of aromatic amines is 1. The molecule has 2 saturated heterocycles. The van der Waals surface area contributed by atoms with Crippen molar-refractivity contribution in [2.24, 2.45) is 0 Å². The van der Waals surface area contributed by atoms with Gasteiger partial charge in [0.05, 0.1) is 23.4 Å². The van der Waals surface area contributed by atoms with Crippen molar-refractivity contribution >= 4 is 27.5 Å². The van der Waals surface area contributed by atoms with E-state index in [1.165, 1.54) is 11.8 Å². The van der Waals surface area contributed by atoms with Crippen LogP contribution in [-0.4, -0.2) is 77.0 Å². The second-order valence-corrected chi connectivity index (χ2v) is 10.5. The summed E-state index contributed by atoms with van der Waals surface area (Å²) in [6.07, 6.45) is 2.35. The Morgan fingerprint density at radius 3 is 2.79 bits per heavy atom. The maximum absolute atomic E-state index is 13.0. The summed E-state index contributed by atoms with van der Waals surface area (Å²) in [6, 6.07) is 9.37. The van der Waals surface area contributed by atoms with Crippen molar-refractivity contribution in [3.8, 4) is 11.4 Å². The summed E-state index contributed by atoms with van der Waals surface area (Å²) in [5.41, 5.74) is 0.925. The summed E-state index contributed by atoms with van der Waals surface area (Å²) >= 11 is 1.25. The summed E-state index contributed by atoms with van der Waals surface area (Å²) in [5, 5.41) is 7.57. The zero-order valence-electron chi connectivity index (χ0n) is 16.0. The van der Waals surface area contributed by atoms with Gasteiger partial charge in [-0.15, -0.1) is 5.10 Å². The van der Waals surface area contributed by atoms with E-state index in [1.807, 2.05) is 30.3 Å². The van der Waals surface area contributed by atoms with E-state index in [0.717, 1.165) is 18.4 Å². The summed E-state index contributed by atoms with van der Waals surface area (Å²) in [4.78, 5) is 19.1. The Morgan fingerprint density at radius 2 is 2.10 bits per heavy atom. The van der Waals surface area contributed by atoms with Gasteiger partial charge in [0, 0.05) is 24.8 Å². The molecule has 0 bridgehead atoms. The Balaban J connectivity index is 1.40. The summed E-state index contributed by atoms with van der Waals surface area (Å²) < 4.78 is 29.5. The molecule has 2 aliphatic heterocycles. The van der Waals surface area contributed by atoms with Crippen molar-refractivity contribution in [3.05, 3.63) is 30.3 Å². The number of nitrogens with one attached hydrogen (secondary N) is 1. The molecule has 3 heterocycles. The number of carbonyl (C=O) groups is 1. The molecular weight excluding hydrogens is 412 g/mol. The molecule has 156 valence electrons. The van der Waals surface area contributed by atoms with Gasteiger partial charge < -0.3 is 9.64 Å². The standard InChI is InChI=1S/C19H24N4O4S2/c24-17(12-28-19-20-18(21-22-19)14-5-2-1-3-6-14)23(11-16-7-4-9-27-16)15-8-10-29(25,26)13-15/h1-3,5-6,15-16H,4,7-13H2,(H,20,21,22)/t15-,16+/m1/s1. The molecule has 0 aliphatic carbocycles. The van der Waals surface area contributed by atoms with Crippen LogP contribution >= 0.6 is 11.8 Å². The fourth-order valence-corrected chi connectivity index (χ4v) is 6.14. The topological polar surface area (TPSA) is 105 Å². The Morgan fingerprint density at radius 1 is 1.28 bits per heavy atom. The molecule has 0 spiro atoms. The molecule has 10 heteroatoms. The second kappa shape index (κ2) is 8.85. The second-order valence-electron chi connectivity index (χ2n) is 7.36. The third-order valence-corrected chi connectivity index (χ3v) is 7.81. The third kappa shape index (κ3) is 5.18. The van der Waals surface area contributed by atoms with Gasteiger partial charge >= 0.3 is 0 Å². The quantitative estimate of drug-likeness (QED) is 0.659. The Bertz CT molecular complexity index is 942. The molecule has 2 atom stereocenters. The minimum atomic E-state index is -3.07. The van der Waals surface area contributed by atoms with Crippen LogP contribution in [0.5, 0.6) is 0 Å². The van der Waals surface area contributed by atoms with Crippen LogP contribution in [0.1, 0.15) is 19.3 Å². The fraction of sp³-hybridized carbons (Fsp3) is 0.526. The van der Waals surface area contributed by atoms with Gasteiger partial charge in [0.25, 0.3) is 0 Å². The highest BCUT2D eigenvalue weighted by atomic mass is 32.2. The average Bonchev–Trinajstić information content (AvgIpc) is 3.46. The van der Waals surface area contributed by atoms with Crippen LogP contribution in [0.3, 0.4) is 0 Å². The van der Waals surface area contributed by atoms with Crippen LogP contribution in [-0.2, 0) is 19.4 Å². The molecule has 8 nitrogen and oxygen atoms in total. The van der Waals surface area contributed by atoms with Crippen LogP contribution in [0.15, 0.2) is 35.5 Å². The first-order chi connectivity index (χ1) is 14.0. The number of benzene rings is 1. The van der Waals surface area contributed by atoms with Gasteiger partial charge in [-0.05, 0) is 19.3 Å². The predicted molar refractivity (Wildman–Crippen MR) is 110 cm³/mol. The summed E-state index contributed by atoms with van der Waals surface area (Å²) in [7, 11) is -3.07. The molecule has 0 saturated carbocycles. The van der Waals surface area contributed by atoms with Gasteiger partial charge in [0.1, 0.15) is 0 Å². The summed E-state index contributed by atoms with van der Waals surface area (Å²) in [6.45, 7) is 1.15. The zero-order chi connectivity index (χ0) is 20.3. The van der Waals surface area contributed by atoms with Crippen molar-refractivity contribution in [2.45, 2.75) is 36.6 Å². The summed E-state index contributed by atoms with van der Waals surface area (Å²) in [5.74, 6) is 0.892. The lowest BCUT2D eigenvalue weighted by molar-refractivity contribution is -0.131. The number of amides is 1. The molecule has 0 radical (unpaired) electrons. The first-order valence-electron chi connectivity index (χ1n) is 9.72. The van der Waals surface area contributed by atoms with E-state index in [-0.39, 0.29) is 35.3 Å². The fourth-order valence-electron chi connectivity index (χ4n) is 3.73. The molecule has 1 amide bonds. The lowest BCUT2D eigenvalue weighted by atomic mass is 10.1. The zero-order valence-corrected chi connectivity index (χ0v) is 17.6. The number of ether oxygens (including phenoxy) is 1. The highest BCUT2D eigenvalue weighted by Gasteiger charge is 2.36. The Kier molecular flexibility index (Phi) is 6.21. The molecule has 2 fully saturated rings. The minimum Gasteiger partial charge on any atom is -0.376 e. The van der Waals surface area contributed by atoms with Crippen molar-refractivity contribution in [1.82, 2.24) is 20.1 Å². The van der Waals surface area contributed by atoms with Crippen molar-refractivity contribution in [2.75, 3.05) is 30.4 Å². The average molecular weight is 437 g/mol. The third-order valence-electron chi connectivity index (χ3n) is 5.23. The van der Waals surface area contributed by atoms with Gasteiger partial charge in [0.2, 0.25) is 11.1 Å². The lowest BCUT2D eigenvalue weighted by Crippen LogP contribution is -2.46. The van der Waals surface area contributed by atoms with E-state index in [9.17, 15) is 13.2 Å². The molecule has 2 aliphatic rings. The van der Waals surface area contributed by atoms with E-state index in [1.54, 1.807) is 4.90 Å². The SMILES string of the molecule is O=C(CSc1n[nH]c(-c2ccccc2)n1)N(C[C@@H]1CCCO1)[C@@H]1CCS(=O)(=O)C1. The van der Waals surface area contributed by atoms with Crippen LogP contribution in [0.25, 0.3) is 11.4 Å². The Labute approximate surface area is 174 Å². The molecule has 1 aromatic carbocycles. The van der Waals surface area contributed by atoms with Crippen molar-refractivity contribution in [3.63, 3.8) is 0 Å². The number of rotatable bonds is 7. The van der Waals surface area contributed by atoms with Crippen molar-refractivity contribution < 1.29 is 17.9 Å². The van der Waals surface area contributed by atoms with E-state index in [4.69, 9.17) is 4.74 Å². The highest BCUT2D eigenvalue weighted by Crippen LogP contribution is 2.24. The van der Waals surface area contributed by atoms with Crippen LogP contribution in [0.4, 0.5) is 0 Å². The first kappa shape index (κ1) is 20.4. The monoisotopic (exact) mass is 436 g/mol. The first-order valence-corrected chi connectivity index (χ1v) is 12.5. The lowest BCUT2D eigenvalue weighted by Gasteiger charge is -2.30. The van der Waals surface area contributed by atoms with E-state index in [2.05, 4.69) is 15.2 Å². The Hall–Kier alpha value is -1.91. The van der Waals surface area contributed by atoms with Gasteiger partial charge in [0.15, 0.2) is 15.7 Å². The molecule has 1 N–H and O–H groups in total. The van der Waals surface area contributed by atoms with Gasteiger partial charge in [-0.1, -0.05) is 42.1 Å². The normalized spacial score (nSPS) is 23.3.